The minimum absolute atomic E-state index is 0.00995. The molecule has 1 atom stereocenters. The van der Waals surface area contributed by atoms with E-state index in [1.165, 1.54) is 24.2 Å². The Morgan fingerprint density at radius 3 is 2.11 bits per heavy atom. The first-order valence-corrected chi connectivity index (χ1v) is 7.13. The van der Waals surface area contributed by atoms with Gasteiger partial charge in [-0.1, -0.05) is 44.7 Å². The molecule has 0 radical (unpaired) electrons. The molecule has 2 rings (SSSR count). The van der Waals surface area contributed by atoms with Crippen molar-refractivity contribution < 1.29 is 9.59 Å². The number of carbonyl (C=O) groups excluding carboxylic acids is 2. The lowest BCUT2D eigenvalue weighted by Crippen LogP contribution is -2.37. The Hall–Kier alpha value is -1.64. The average Bonchev–Trinajstić information content (AvgIpc) is 2.68. The molecule has 0 aliphatic carbocycles. The predicted octanol–water partition coefficient (Wildman–Crippen LogP) is 3.64. The van der Waals surface area contributed by atoms with Gasteiger partial charge >= 0.3 is 0 Å². The first-order chi connectivity index (χ1) is 9.16. The van der Waals surface area contributed by atoms with Gasteiger partial charge in [-0.15, -0.1) is 0 Å². The molecule has 0 saturated carbocycles. The van der Waals surface area contributed by atoms with Gasteiger partial charge in [-0.25, -0.2) is 0 Å². The van der Waals surface area contributed by atoms with E-state index in [0.29, 0.717) is 11.1 Å². The zero-order valence-corrected chi connectivity index (χ0v) is 11.7. The number of carbonyl (C=O) groups is 2. The fourth-order valence-electron chi connectivity index (χ4n) is 2.60. The molecule has 1 aromatic carbocycles. The molecular weight excluding hydrogens is 238 g/mol. The van der Waals surface area contributed by atoms with E-state index in [0.717, 1.165) is 12.8 Å². The molecular formula is C16H21NO2. The van der Waals surface area contributed by atoms with Crippen molar-refractivity contribution in [3.05, 3.63) is 35.4 Å². The van der Waals surface area contributed by atoms with Crippen molar-refractivity contribution in [3.8, 4) is 0 Å². The van der Waals surface area contributed by atoms with Crippen LogP contribution in [0.15, 0.2) is 24.3 Å². The van der Waals surface area contributed by atoms with E-state index >= 15 is 0 Å². The summed E-state index contributed by atoms with van der Waals surface area (Å²) in [5, 5.41) is 0. The molecule has 19 heavy (non-hydrogen) atoms. The molecule has 3 nitrogen and oxygen atoms in total. The summed E-state index contributed by atoms with van der Waals surface area (Å²) in [5.41, 5.74) is 1.10. The summed E-state index contributed by atoms with van der Waals surface area (Å²) in [6, 6.07) is 7.07. The summed E-state index contributed by atoms with van der Waals surface area (Å²) >= 11 is 0. The molecule has 3 heteroatoms. The second-order valence-electron chi connectivity index (χ2n) is 5.22. The summed E-state index contributed by atoms with van der Waals surface area (Å²) in [6.45, 7) is 4.14. The molecule has 1 aliphatic rings. The zero-order chi connectivity index (χ0) is 13.8. The van der Waals surface area contributed by atoms with Gasteiger partial charge in [0, 0.05) is 6.04 Å². The van der Waals surface area contributed by atoms with Crippen molar-refractivity contribution in [2.75, 3.05) is 0 Å². The smallest absolute Gasteiger partial charge is 0.261 e. The van der Waals surface area contributed by atoms with Gasteiger partial charge < -0.3 is 0 Å². The van der Waals surface area contributed by atoms with Crippen LogP contribution in [-0.2, 0) is 0 Å². The van der Waals surface area contributed by atoms with Gasteiger partial charge in [0.05, 0.1) is 11.1 Å². The van der Waals surface area contributed by atoms with Crippen LogP contribution in [0.25, 0.3) is 0 Å². The third-order valence-corrected chi connectivity index (χ3v) is 3.74. The molecule has 0 N–H and O–H groups in total. The molecule has 0 fully saturated rings. The highest BCUT2D eigenvalue weighted by Gasteiger charge is 2.37. The number of amides is 2. The number of fused-ring (bicyclic) bond motifs is 1. The van der Waals surface area contributed by atoms with E-state index in [4.69, 9.17) is 0 Å². The van der Waals surface area contributed by atoms with Crippen molar-refractivity contribution in [2.24, 2.45) is 0 Å². The molecule has 2 amide bonds. The maximum Gasteiger partial charge on any atom is 0.261 e. The summed E-state index contributed by atoms with van der Waals surface area (Å²) in [4.78, 5) is 25.9. The molecule has 0 unspecified atom stereocenters. The highest BCUT2D eigenvalue weighted by atomic mass is 16.2. The monoisotopic (exact) mass is 259 g/mol. The van der Waals surface area contributed by atoms with Gasteiger partial charge in [0.1, 0.15) is 0 Å². The Labute approximate surface area is 114 Å². The van der Waals surface area contributed by atoms with Crippen LogP contribution in [-0.4, -0.2) is 22.8 Å². The largest absolute Gasteiger partial charge is 0.272 e. The second kappa shape index (κ2) is 6.00. The molecule has 0 bridgehead atoms. The van der Waals surface area contributed by atoms with E-state index < -0.39 is 0 Å². The van der Waals surface area contributed by atoms with Crippen molar-refractivity contribution in [3.63, 3.8) is 0 Å². The fourth-order valence-corrected chi connectivity index (χ4v) is 2.60. The summed E-state index contributed by atoms with van der Waals surface area (Å²) in [6.07, 6.45) is 5.55. The van der Waals surface area contributed by atoms with Crippen LogP contribution in [0.1, 0.15) is 66.7 Å². The lowest BCUT2D eigenvalue weighted by Gasteiger charge is -2.22. The van der Waals surface area contributed by atoms with Crippen LogP contribution in [0.2, 0.25) is 0 Å². The van der Waals surface area contributed by atoms with Crippen molar-refractivity contribution in [2.45, 2.75) is 52.0 Å². The van der Waals surface area contributed by atoms with E-state index in [-0.39, 0.29) is 17.9 Å². The Morgan fingerprint density at radius 1 is 1.00 bits per heavy atom. The van der Waals surface area contributed by atoms with Crippen LogP contribution < -0.4 is 0 Å². The normalized spacial score (nSPS) is 15.8. The quantitative estimate of drug-likeness (QED) is 0.577. The third-order valence-electron chi connectivity index (χ3n) is 3.74. The van der Waals surface area contributed by atoms with Gasteiger partial charge in [-0.3, -0.25) is 14.5 Å². The van der Waals surface area contributed by atoms with E-state index in [1.807, 2.05) is 6.92 Å². The van der Waals surface area contributed by atoms with Crippen LogP contribution >= 0.6 is 0 Å². The summed E-state index contributed by atoms with van der Waals surface area (Å²) < 4.78 is 0. The molecule has 0 saturated heterocycles. The first-order valence-electron chi connectivity index (χ1n) is 7.13. The molecule has 0 spiro atoms. The maximum absolute atomic E-state index is 12.2. The van der Waals surface area contributed by atoms with Gasteiger partial charge in [0.25, 0.3) is 11.8 Å². The molecule has 102 valence electrons. The predicted molar refractivity (Wildman–Crippen MR) is 75.2 cm³/mol. The fraction of sp³-hybridized carbons (Fsp3) is 0.500. The first kappa shape index (κ1) is 13.8. The Kier molecular flexibility index (Phi) is 4.35. The third kappa shape index (κ3) is 2.70. The minimum atomic E-state index is -0.136. The Bertz CT molecular complexity index is 446. The number of rotatable bonds is 6. The number of hydrogen-bond donors (Lipinski definition) is 0. The van der Waals surface area contributed by atoms with E-state index in [2.05, 4.69) is 6.92 Å². The second-order valence-corrected chi connectivity index (χ2v) is 5.22. The van der Waals surface area contributed by atoms with Gasteiger partial charge in [0.15, 0.2) is 0 Å². The molecule has 1 aromatic rings. The van der Waals surface area contributed by atoms with Crippen LogP contribution in [0.4, 0.5) is 0 Å². The highest BCUT2D eigenvalue weighted by molar-refractivity contribution is 6.21. The molecule has 1 aliphatic heterocycles. The number of hydrogen-bond acceptors (Lipinski definition) is 2. The summed E-state index contributed by atoms with van der Waals surface area (Å²) in [5.74, 6) is -0.271. The molecule has 0 aromatic heterocycles. The van der Waals surface area contributed by atoms with Crippen molar-refractivity contribution in [1.29, 1.82) is 0 Å². The maximum atomic E-state index is 12.2. The standard InChI is InChI=1S/C16H21NO2/c1-3-4-5-6-9-12(2)17-15(18)13-10-7-8-11-14(13)16(17)19/h7-8,10-12H,3-6,9H2,1-2H3/t12-/m1/s1. The van der Waals surface area contributed by atoms with E-state index in [9.17, 15) is 9.59 Å². The van der Waals surface area contributed by atoms with Crippen LogP contribution in [0.5, 0.6) is 0 Å². The van der Waals surface area contributed by atoms with E-state index in [1.54, 1.807) is 24.3 Å². The molecule has 1 heterocycles. The number of benzene rings is 1. The minimum Gasteiger partial charge on any atom is -0.272 e. The van der Waals surface area contributed by atoms with Crippen LogP contribution in [0, 0.1) is 0 Å². The number of imide groups is 1. The van der Waals surface area contributed by atoms with Crippen molar-refractivity contribution in [1.82, 2.24) is 4.90 Å². The topological polar surface area (TPSA) is 37.4 Å². The van der Waals surface area contributed by atoms with Crippen molar-refractivity contribution >= 4 is 11.8 Å². The summed E-state index contributed by atoms with van der Waals surface area (Å²) in [7, 11) is 0. The Morgan fingerprint density at radius 2 is 1.58 bits per heavy atom. The lowest BCUT2D eigenvalue weighted by atomic mass is 10.1. The Balaban J connectivity index is 2.03. The SMILES string of the molecule is CCCCCC[C@@H](C)N1C(=O)c2ccccc2C1=O. The van der Waals surface area contributed by atoms with Gasteiger partial charge in [0.2, 0.25) is 0 Å². The lowest BCUT2D eigenvalue weighted by molar-refractivity contribution is 0.0588. The van der Waals surface area contributed by atoms with Crippen LogP contribution in [0.3, 0.4) is 0 Å². The van der Waals surface area contributed by atoms with Gasteiger partial charge in [-0.05, 0) is 25.5 Å². The highest BCUT2D eigenvalue weighted by Crippen LogP contribution is 2.26. The number of unbranched alkanes of at least 4 members (excludes halogenated alkanes) is 3. The average molecular weight is 259 g/mol. The van der Waals surface area contributed by atoms with Gasteiger partial charge in [-0.2, -0.15) is 0 Å². The number of nitrogens with zero attached hydrogens (tertiary/aromatic N) is 1. The zero-order valence-electron chi connectivity index (χ0n) is 11.7.